The lowest BCUT2D eigenvalue weighted by molar-refractivity contribution is -0.136. The van der Waals surface area contributed by atoms with Crippen molar-refractivity contribution in [3.63, 3.8) is 0 Å². The number of hydrogen-bond donors (Lipinski definition) is 2. The Labute approximate surface area is 198 Å². The Morgan fingerprint density at radius 2 is 0.941 bits per heavy atom. The second-order valence-electron chi connectivity index (χ2n) is 7.88. The van der Waals surface area contributed by atoms with Crippen molar-refractivity contribution in [1.29, 1.82) is 0 Å². The van der Waals surface area contributed by atoms with Crippen molar-refractivity contribution in [2.24, 2.45) is 0 Å². The lowest BCUT2D eigenvalue weighted by Gasteiger charge is -2.35. The molecule has 0 aliphatic carbocycles. The molecule has 1 saturated heterocycles. The first kappa shape index (κ1) is 24.4. The summed E-state index contributed by atoms with van der Waals surface area (Å²) in [7, 11) is 0. The van der Waals surface area contributed by atoms with Gasteiger partial charge < -0.3 is 20.4 Å². The van der Waals surface area contributed by atoms with E-state index in [1.165, 1.54) is 13.8 Å². The van der Waals surface area contributed by atoms with Crippen molar-refractivity contribution in [2.75, 3.05) is 26.2 Å². The summed E-state index contributed by atoms with van der Waals surface area (Å²) in [5.74, 6) is -1.30. The maximum absolute atomic E-state index is 13.1. The van der Waals surface area contributed by atoms with Crippen LogP contribution >= 0.6 is 0 Å². The predicted molar refractivity (Wildman–Crippen MR) is 130 cm³/mol. The number of piperazine rings is 1. The van der Waals surface area contributed by atoms with Crippen LogP contribution in [-0.4, -0.2) is 59.6 Å². The topological polar surface area (TPSA) is 98.8 Å². The molecule has 0 saturated carbocycles. The average Bonchev–Trinajstić information content (AvgIpc) is 2.83. The van der Waals surface area contributed by atoms with Gasteiger partial charge in [0, 0.05) is 40.0 Å². The molecule has 0 bridgehead atoms. The highest BCUT2D eigenvalue weighted by Gasteiger charge is 2.28. The van der Waals surface area contributed by atoms with Crippen molar-refractivity contribution < 1.29 is 19.2 Å². The number of nitrogens with zero attached hydrogens (tertiary/aromatic N) is 2. The van der Waals surface area contributed by atoms with E-state index in [1.54, 1.807) is 22.0 Å². The van der Waals surface area contributed by atoms with Gasteiger partial charge in [-0.15, -0.1) is 0 Å². The number of nitrogens with one attached hydrogen (secondary N) is 2. The first-order valence-electron chi connectivity index (χ1n) is 11.0. The van der Waals surface area contributed by atoms with Gasteiger partial charge in [0.15, 0.2) is 0 Å². The highest BCUT2D eigenvalue weighted by atomic mass is 16.2. The summed E-state index contributed by atoms with van der Waals surface area (Å²) in [4.78, 5) is 52.8. The monoisotopic (exact) mass is 460 g/mol. The summed E-state index contributed by atoms with van der Waals surface area (Å²) in [5.41, 5.74) is 1.95. The fourth-order valence-corrected chi connectivity index (χ4v) is 3.57. The van der Waals surface area contributed by atoms with Gasteiger partial charge in [-0.05, 0) is 23.3 Å². The Kier molecular flexibility index (Phi) is 8.34. The Balaban J connectivity index is 1.71. The van der Waals surface area contributed by atoms with E-state index in [-0.39, 0.29) is 35.0 Å². The van der Waals surface area contributed by atoms with E-state index in [2.05, 4.69) is 10.6 Å². The normalized spacial score (nSPS) is 14.4. The zero-order valence-corrected chi connectivity index (χ0v) is 19.3. The van der Waals surface area contributed by atoms with E-state index in [0.717, 1.165) is 11.1 Å². The van der Waals surface area contributed by atoms with Crippen LogP contribution in [0.1, 0.15) is 25.0 Å². The molecule has 0 radical (unpaired) electrons. The third-order valence-corrected chi connectivity index (χ3v) is 5.16. The van der Waals surface area contributed by atoms with Crippen molar-refractivity contribution in [3.05, 3.63) is 83.2 Å². The number of amides is 4. The molecular weight excluding hydrogens is 432 g/mol. The summed E-state index contributed by atoms with van der Waals surface area (Å²) >= 11 is 0. The lowest BCUT2D eigenvalue weighted by Crippen LogP contribution is -2.53. The van der Waals surface area contributed by atoms with Crippen LogP contribution in [-0.2, 0) is 19.2 Å². The van der Waals surface area contributed by atoms with Crippen LogP contribution in [0.15, 0.2) is 72.1 Å². The molecule has 2 aromatic rings. The Morgan fingerprint density at radius 3 is 1.24 bits per heavy atom. The molecule has 0 aromatic heterocycles. The summed E-state index contributed by atoms with van der Waals surface area (Å²) in [6.07, 6.45) is 3.28. The van der Waals surface area contributed by atoms with Crippen molar-refractivity contribution in [1.82, 2.24) is 20.4 Å². The van der Waals surface area contributed by atoms with E-state index < -0.39 is 0 Å². The first-order valence-corrected chi connectivity index (χ1v) is 11.0. The Bertz CT molecular complexity index is 1010. The summed E-state index contributed by atoms with van der Waals surface area (Å²) in [5, 5.41) is 5.24. The molecule has 1 aliphatic heterocycles. The van der Waals surface area contributed by atoms with Gasteiger partial charge in [0.25, 0.3) is 11.8 Å². The molecule has 8 heteroatoms. The number of rotatable bonds is 6. The van der Waals surface area contributed by atoms with Gasteiger partial charge in [0.2, 0.25) is 11.8 Å². The van der Waals surface area contributed by atoms with Crippen molar-refractivity contribution in [2.45, 2.75) is 13.8 Å². The summed E-state index contributed by atoms with van der Waals surface area (Å²) in [6.45, 7) is 3.91. The quantitative estimate of drug-likeness (QED) is 0.645. The molecule has 3 rings (SSSR count). The molecule has 1 heterocycles. The Morgan fingerprint density at radius 1 is 0.618 bits per heavy atom. The van der Waals surface area contributed by atoms with Gasteiger partial charge in [-0.2, -0.15) is 0 Å². The molecule has 2 aromatic carbocycles. The van der Waals surface area contributed by atoms with E-state index in [4.69, 9.17) is 0 Å². The Hall–Kier alpha value is -4.20. The van der Waals surface area contributed by atoms with Gasteiger partial charge >= 0.3 is 0 Å². The third kappa shape index (κ3) is 6.90. The van der Waals surface area contributed by atoms with E-state index in [0.29, 0.717) is 26.2 Å². The smallest absolute Gasteiger partial charge is 0.270 e. The molecule has 176 valence electrons. The minimum absolute atomic E-state index is 0.182. The molecule has 2 N–H and O–H groups in total. The minimum Gasteiger partial charge on any atom is -0.334 e. The van der Waals surface area contributed by atoms with Crippen LogP contribution in [0.3, 0.4) is 0 Å². The van der Waals surface area contributed by atoms with Gasteiger partial charge in [-0.1, -0.05) is 60.7 Å². The largest absolute Gasteiger partial charge is 0.334 e. The van der Waals surface area contributed by atoms with E-state index in [9.17, 15) is 19.2 Å². The molecule has 8 nitrogen and oxygen atoms in total. The number of hydrogen-bond acceptors (Lipinski definition) is 4. The highest BCUT2D eigenvalue weighted by Crippen LogP contribution is 2.13. The molecular formula is C26H28N4O4. The first-order chi connectivity index (χ1) is 16.3. The minimum atomic E-state index is -0.338. The third-order valence-electron chi connectivity index (χ3n) is 5.16. The lowest BCUT2D eigenvalue weighted by atomic mass is 10.1. The van der Waals surface area contributed by atoms with Crippen LogP contribution in [0.2, 0.25) is 0 Å². The fourth-order valence-electron chi connectivity index (χ4n) is 3.57. The number of carbonyl (C=O) groups excluding carboxylic acids is 4. The van der Waals surface area contributed by atoms with Gasteiger partial charge in [0.05, 0.1) is 0 Å². The maximum Gasteiger partial charge on any atom is 0.270 e. The van der Waals surface area contributed by atoms with E-state index >= 15 is 0 Å². The molecule has 0 atom stereocenters. The van der Waals surface area contributed by atoms with Crippen LogP contribution in [0.5, 0.6) is 0 Å². The van der Waals surface area contributed by atoms with Gasteiger partial charge in [-0.3, -0.25) is 19.2 Å². The zero-order valence-electron chi connectivity index (χ0n) is 19.3. The molecule has 34 heavy (non-hydrogen) atoms. The van der Waals surface area contributed by atoms with Crippen molar-refractivity contribution >= 4 is 35.8 Å². The van der Waals surface area contributed by atoms with E-state index in [1.807, 2.05) is 60.7 Å². The average molecular weight is 461 g/mol. The summed E-state index contributed by atoms with van der Waals surface area (Å²) in [6, 6.07) is 18.5. The number of carbonyl (C=O) groups is 4. The fraction of sp³-hybridized carbons (Fsp3) is 0.231. The van der Waals surface area contributed by atoms with Crippen LogP contribution < -0.4 is 10.6 Å². The predicted octanol–water partition coefficient (Wildman–Crippen LogP) is 2.01. The molecule has 0 unspecified atom stereocenters. The molecule has 1 fully saturated rings. The zero-order chi connectivity index (χ0) is 24.5. The van der Waals surface area contributed by atoms with Crippen LogP contribution in [0, 0.1) is 0 Å². The molecule has 4 amide bonds. The summed E-state index contributed by atoms with van der Waals surface area (Å²) < 4.78 is 0. The van der Waals surface area contributed by atoms with Gasteiger partial charge in [0.1, 0.15) is 11.4 Å². The standard InChI is InChI=1S/C26H28N4O4/c1-19(31)27-23(17-21-9-5-3-6-10-21)25(33)29-13-15-30(16-14-29)26(34)24(28-20(2)32)18-22-11-7-4-8-12-22/h3-12,17-18H,13-16H2,1-2H3,(H,27,31)(H,28,32)/b23-17+,24-18+. The van der Waals surface area contributed by atoms with Gasteiger partial charge in [-0.25, -0.2) is 0 Å². The highest BCUT2D eigenvalue weighted by molar-refractivity contribution is 6.02. The SMILES string of the molecule is CC(=O)N/C(=C/c1ccccc1)C(=O)N1CCN(C(=O)/C(=C\c2ccccc2)NC(C)=O)CC1. The van der Waals surface area contributed by atoms with Crippen molar-refractivity contribution in [3.8, 4) is 0 Å². The maximum atomic E-state index is 13.1. The molecule has 1 aliphatic rings. The second kappa shape index (κ2) is 11.6. The number of benzene rings is 2. The van der Waals surface area contributed by atoms with Crippen LogP contribution in [0.25, 0.3) is 12.2 Å². The van der Waals surface area contributed by atoms with Crippen LogP contribution in [0.4, 0.5) is 0 Å². The molecule has 0 spiro atoms. The second-order valence-corrected chi connectivity index (χ2v) is 7.88.